The summed E-state index contributed by atoms with van der Waals surface area (Å²) in [4.78, 5) is 16.9. The number of nitrogens with two attached hydrogens (primary N) is 1. The van der Waals surface area contributed by atoms with Crippen molar-refractivity contribution in [2.45, 2.75) is 32.2 Å². The SMILES string of the molecule is NCC1CCCCC1C(=O)NCc1nc2ccccc2s1. The Morgan fingerprint density at radius 3 is 2.95 bits per heavy atom. The van der Waals surface area contributed by atoms with Crippen molar-refractivity contribution < 1.29 is 4.79 Å². The van der Waals surface area contributed by atoms with Crippen molar-refractivity contribution >= 4 is 27.5 Å². The molecule has 112 valence electrons. The Hall–Kier alpha value is -1.46. The Kier molecular flexibility index (Phi) is 4.51. The molecule has 1 aliphatic rings. The number of para-hydroxylation sites is 1. The minimum atomic E-state index is 0.0816. The van der Waals surface area contributed by atoms with Gasteiger partial charge in [-0.2, -0.15) is 0 Å². The van der Waals surface area contributed by atoms with Crippen LogP contribution in [0.1, 0.15) is 30.7 Å². The molecule has 0 aliphatic heterocycles. The predicted molar refractivity (Wildman–Crippen MR) is 86.0 cm³/mol. The molecule has 2 unspecified atom stereocenters. The average molecular weight is 303 g/mol. The van der Waals surface area contributed by atoms with Crippen molar-refractivity contribution in [3.8, 4) is 0 Å². The van der Waals surface area contributed by atoms with Crippen LogP contribution >= 0.6 is 11.3 Å². The summed E-state index contributed by atoms with van der Waals surface area (Å²) in [6.45, 7) is 1.13. The maximum atomic E-state index is 12.4. The molecular formula is C16H21N3OS. The molecule has 1 aliphatic carbocycles. The van der Waals surface area contributed by atoms with Crippen LogP contribution in [0.15, 0.2) is 24.3 Å². The lowest BCUT2D eigenvalue weighted by Gasteiger charge is -2.29. The summed E-state index contributed by atoms with van der Waals surface area (Å²) in [5.41, 5.74) is 6.80. The lowest BCUT2D eigenvalue weighted by Crippen LogP contribution is -2.39. The standard InChI is InChI=1S/C16H21N3OS/c17-9-11-5-1-2-6-12(11)16(20)18-10-15-19-13-7-3-4-8-14(13)21-15/h3-4,7-8,11-12H,1-2,5-6,9-10,17H2,(H,18,20). The lowest BCUT2D eigenvalue weighted by molar-refractivity contribution is -0.127. The second-order valence-electron chi connectivity index (χ2n) is 5.68. The number of nitrogens with zero attached hydrogens (tertiary/aromatic N) is 1. The van der Waals surface area contributed by atoms with Gasteiger partial charge in [-0.1, -0.05) is 25.0 Å². The molecular weight excluding hydrogens is 282 g/mol. The van der Waals surface area contributed by atoms with Gasteiger partial charge in [0.25, 0.3) is 0 Å². The molecule has 1 amide bonds. The number of fused-ring (bicyclic) bond motifs is 1. The Balaban J connectivity index is 1.62. The van der Waals surface area contributed by atoms with Crippen LogP contribution in [0.5, 0.6) is 0 Å². The van der Waals surface area contributed by atoms with E-state index in [4.69, 9.17) is 5.73 Å². The quantitative estimate of drug-likeness (QED) is 0.912. The number of carbonyl (C=O) groups is 1. The van der Waals surface area contributed by atoms with Crippen LogP contribution in [0.2, 0.25) is 0 Å². The first-order valence-corrected chi connectivity index (χ1v) is 8.42. The zero-order valence-corrected chi connectivity index (χ0v) is 12.9. The molecule has 1 aromatic heterocycles. The number of rotatable bonds is 4. The predicted octanol–water partition coefficient (Wildman–Crippen LogP) is 2.68. The molecule has 5 heteroatoms. The first-order valence-electron chi connectivity index (χ1n) is 7.60. The fourth-order valence-corrected chi connectivity index (χ4v) is 4.03. The van der Waals surface area contributed by atoms with Crippen LogP contribution in [0, 0.1) is 11.8 Å². The van der Waals surface area contributed by atoms with Crippen LogP contribution < -0.4 is 11.1 Å². The molecule has 21 heavy (non-hydrogen) atoms. The van der Waals surface area contributed by atoms with Gasteiger partial charge in [0.05, 0.1) is 16.8 Å². The van der Waals surface area contributed by atoms with Gasteiger partial charge in [0.1, 0.15) is 5.01 Å². The van der Waals surface area contributed by atoms with Gasteiger partial charge < -0.3 is 11.1 Å². The number of benzene rings is 1. The minimum absolute atomic E-state index is 0.0816. The molecule has 1 heterocycles. The molecule has 3 rings (SSSR count). The van der Waals surface area contributed by atoms with Crippen molar-refractivity contribution in [3.05, 3.63) is 29.3 Å². The van der Waals surface area contributed by atoms with Crippen LogP contribution in [0.4, 0.5) is 0 Å². The van der Waals surface area contributed by atoms with E-state index >= 15 is 0 Å². The normalized spacial score (nSPS) is 22.3. The number of thiazole rings is 1. The largest absolute Gasteiger partial charge is 0.349 e. The maximum absolute atomic E-state index is 12.4. The third-order valence-electron chi connectivity index (χ3n) is 4.30. The van der Waals surface area contributed by atoms with E-state index in [1.165, 1.54) is 11.1 Å². The van der Waals surface area contributed by atoms with Crippen molar-refractivity contribution in [2.75, 3.05) is 6.54 Å². The summed E-state index contributed by atoms with van der Waals surface area (Å²) < 4.78 is 1.17. The van der Waals surface area contributed by atoms with E-state index in [1.807, 2.05) is 18.2 Å². The molecule has 0 radical (unpaired) electrons. The van der Waals surface area contributed by atoms with E-state index in [1.54, 1.807) is 11.3 Å². The van der Waals surface area contributed by atoms with Crippen LogP contribution in [0.3, 0.4) is 0 Å². The van der Waals surface area contributed by atoms with Crippen molar-refractivity contribution in [2.24, 2.45) is 17.6 Å². The van der Waals surface area contributed by atoms with Gasteiger partial charge in [0.15, 0.2) is 0 Å². The number of amides is 1. The van der Waals surface area contributed by atoms with E-state index < -0.39 is 0 Å². The molecule has 1 fully saturated rings. The first-order chi connectivity index (χ1) is 10.3. The molecule has 0 spiro atoms. The number of aromatic nitrogens is 1. The topological polar surface area (TPSA) is 68.0 Å². The van der Waals surface area contributed by atoms with Crippen molar-refractivity contribution in [1.82, 2.24) is 10.3 Å². The molecule has 0 saturated heterocycles. The van der Waals surface area contributed by atoms with E-state index in [-0.39, 0.29) is 11.8 Å². The molecule has 3 N–H and O–H groups in total. The summed E-state index contributed by atoms with van der Waals surface area (Å²) >= 11 is 1.64. The van der Waals surface area contributed by atoms with Gasteiger partial charge in [-0.25, -0.2) is 4.98 Å². The van der Waals surface area contributed by atoms with Gasteiger partial charge in [0.2, 0.25) is 5.91 Å². The Bertz CT molecular complexity index is 592. The fourth-order valence-electron chi connectivity index (χ4n) is 3.12. The Morgan fingerprint density at radius 2 is 2.14 bits per heavy atom. The first kappa shape index (κ1) is 14.5. The zero-order chi connectivity index (χ0) is 14.7. The van der Waals surface area contributed by atoms with E-state index in [0.29, 0.717) is 19.0 Å². The minimum Gasteiger partial charge on any atom is -0.349 e. The van der Waals surface area contributed by atoms with E-state index in [2.05, 4.69) is 16.4 Å². The highest BCUT2D eigenvalue weighted by Crippen LogP contribution is 2.29. The van der Waals surface area contributed by atoms with Crippen LogP contribution in [0.25, 0.3) is 10.2 Å². The van der Waals surface area contributed by atoms with Gasteiger partial charge in [-0.3, -0.25) is 4.79 Å². The third-order valence-corrected chi connectivity index (χ3v) is 5.34. The van der Waals surface area contributed by atoms with Crippen molar-refractivity contribution in [3.63, 3.8) is 0 Å². The second kappa shape index (κ2) is 6.54. The molecule has 2 atom stereocenters. The smallest absolute Gasteiger partial charge is 0.223 e. The summed E-state index contributed by atoms with van der Waals surface area (Å²) in [5, 5.41) is 4.01. The summed E-state index contributed by atoms with van der Waals surface area (Å²) in [6, 6.07) is 8.06. The van der Waals surface area contributed by atoms with Gasteiger partial charge >= 0.3 is 0 Å². The van der Waals surface area contributed by atoms with Crippen molar-refractivity contribution in [1.29, 1.82) is 0 Å². The third kappa shape index (κ3) is 3.24. The highest BCUT2D eigenvalue weighted by Gasteiger charge is 2.29. The molecule has 1 saturated carbocycles. The number of hydrogen-bond donors (Lipinski definition) is 2. The second-order valence-corrected chi connectivity index (χ2v) is 6.80. The Labute approximate surface area is 128 Å². The van der Waals surface area contributed by atoms with Gasteiger partial charge in [-0.05, 0) is 37.4 Å². The van der Waals surface area contributed by atoms with E-state index in [9.17, 15) is 4.79 Å². The number of carbonyl (C=O) groups excluding carboxylic acids is 1. The van der Waals surface area contributed by atoms with Crippen LogP contribution in [-0.2, 0) is 11.3 Å². The fraction of sp³-hybridized carbons (Fsp3) is 0.500. The summed E-state index contributed by atoms with van der Waals surface area (Å²) in [6.07, 6.45) is 4.38. The Morgan fingerprint density at radius 1 is 1.33 bits per heavy atom. The molecule has 2 aromatic rings. The monoisotopic (exact) mass is 303 g/mol. The molecule has 4 nitrogen and oxygen atoms in total. The number of nitrogens with one attached hydrogen (secondary N) is 1. The maximum Gasteiger partial charge on any atom is 0.223 e. The lowest BCUT2D eigenvalue weighted by atomic mass is 9.79. The highest BCUT2D eigenvalue weighted by atomic mass is 32.1. The average Bonchev–Trinajstić information content (AvgIpc) is 2.95. The highest BCUT2D eigenvalue weighted by molar-refractivity contribution is 7.18. The van der Waals surface area contributed by atoms with Gasteiger partial charge in [0, 0.05) is 5.92 Å². The number of hydrogen-bond acceptors (Lipinski definition) is 4. The zero-order valence-electron chi connectivity index (χ0n) is 12.0. The molecule has 1 aromatic carbocycles. The molecule has 0 bridgehead atoms. The summed E-state index contributed by atoms with van der Waals surface area (Å²) in [7, 11) is 0. The summed E-state index contributed by atoms with van der Waals surface area (Å²) in [5.74, 6) is 0.566. The van der Waals surface area contributed by atoms with E-state index in [0.717, 1.165) is 29.8 Å². The van der Waals surface area contributed by atoms with Gasteiger partial charge in [-0.15, -0.1) is 11.3 Å². The van der Waals surface area contributed by atoms with Crippen LogP contribution in [-0.4, -0.2) is 17.4 Å².